The summed E-state index contributed by atoms with van der Waals surface area (Å²) in [5.74, 6) is 0.819. The number of ether oxygens (including phenoxy) is 1. The molecule has 0 bridgehead atoms. The molecule has 0 fully saturated rings. The van der Waals surface area contributed by atoms with Gasteiger partial charge >= 0.3 is 0 Å². The molecule has 0 aromatic heterocycles. The fourth-order valence-corrected chi connectivity index (χ4v) is 2.43. The number of methoxy groups -OCH3 is 1. The summed E-state index contributed by atoms with van der Waals surface area (Å²) in [6.07, 6.45) is 0. The van der Waals surface area contributed by atoms with Crippen LogP contribution in [0, 0.1) is 0 Å². The van der Waals surface area contributed by atoms with Gasteiger partial charge in [0.1, 0.15) is 5.75 Å². The van der Waals surface area contributed by atoms with E-state index in [9.17, 15) is 0 Å². The quantitative estimate of drug-likeness (QED) is 0.673. The highest BCUT2D eigenvalue weighted by Gasteiger charge is 2.12. The Morgan fingerprint density at radius 1 is 1.06 bits per heavy atom. The molecule has 0 heterocycles. The minimum atomic E-state index is -0.204. The van der Waals surface area contributed by atoms with Gasteiger partial charge in [-0.1, -0.05) is 29.8 Å². The van der Waals surface area contributed by atoms with Gasteiger partial charge in [0.25, 0.3) is 0 Å². The predicted molar refractivity (Wildman–Crippen MR) is 79.8 cm³/mol. The van der Waals surface area contributed by atoms with Crippen LogP contribution in [0.2, 0.25) is 5.02 Å². The van der Waals surface area contributed by atoms with Gasteiger partial charge in [0.05, 0.1) is 17.5 Å². The van der Waals surface area contributed by atoms with E-state index in [2.05, 4.69) is 15.9 Å². The van der Waals surface area contributed by atoms with Gasteiger partial charge < -0.3 is 4.74 Å². The maximum Gasteiger partial charge on any atom is 0.118 e. The first-order valence-corrected chi connectivity index (χ1v) is 6.95. The highest BCUT2D eigenvalue weighted by molar-refractivity contribution is 9.10. The molecule has 0 saturated heterocycles. The second kappa shape index (κ2) is 5.96. The summed E-state index contributed by atoms with van der Waals surface area (Å²) in [4.78, 5) is 0. The Morgan fingerprint density at radius 2 is 1.67 bits per heavy atom. The van der Waals surface area contributed by atoms with E-state index in [-0.39, 0.29) is 5.38 Å². The highest BCUT2D eigenvalue weighted by Crippen LogP contribution is 2.33. The largest absolute Gasteiger partial charge is 0.497 e. The first kappa shape index (κ1) is 13.7. The number of rotatable bonds is 3. The van der Waals surface area contributed by atoms with E-state index in [1.54, 1.807) is 7.11 Å². The normalized spacial score (nSPS) is 12.2. The van der Waals surface area contributed by atoms with Gasteiger partial charge in [0.15, 0.2) is 0 Å². The third-order valence-electron chi connectivity index (χ3n) is 2.64. The number of alkyl halides is 1. The summed E-state index contributed by atoms with van der Waals surface area (Å²) in [5.41, 5.74) is 2.02. The molecule has 2 aromatic rings. The van der Waals surface area contributed by atoms with Crippen molar-refractivity contribution in [2.75, 3.05) is 7.11 Å². The summed E-state index contributed by atoms with van der Waals surface area (Å²) in [6.45, 7) is 0. The van der Waals surface area contributed by atoms with Gasteiger partial charge in [-0.2, -0.15) is 0 Å². The first-order valence-electron chi connectivity index (χ1n) is 5.35. The summed E-state index contributed by atoms with van der Waals surface area (Å²) in [6, 6.07) is 13.4. The Labute approximate surface area is 125 Å². The minimum absolute atomic E-state index is 0.204. The smallest absolute Gasteiger partial charge is 0.118 e. The summed E-state index contributed by atoms with van der Waals surface area (Å²) in [7, 11) is 1.64. The lowest BCUT2D eigenvalue weighted by atomic mass is 10.0. The molecule has 0 spiro atoms. The maximum atomic E-state index is 6.45. The molecule has 0 aliphatic heterocycles. The van der Waals surface area contributed by atoms with Crippen molar-refractivity contribution in [2.24, 2.45) is 0 Å². The van der Waals surface area contributed by atoms with E-state index < -0.39 is 0 Å². The molecular weight excluding hydrogens is 335 g/mol. The molecule has 1 nitrogen and oxygen atoms in total. The standard InChI is InChI=1S/C14H11BrCl2O/c1-18-11-5-2-9(3-6-11)14(17)10-4-7-13(16)12(15)8-10/h2-8,14H,1H3. The van der Waals surface area contributed by atoms with Crippen LogP contribution in [0.4, 0.5) is 0 Å². The molecule has 0 amide bonds. The van der Waals surface area contributed by atoms with Crippen LogP contribution in [0.5, 0.6) is 5.75 Å². The molecule has 18 heavy (non-hydrogen) atoms. The lowest BCUT2D eigenvalue weighted by Crippen LogP contribution is -1.93. The van der Waals surface area contributed by atoms with Crippen molar-refractivity contribution < 1.29 is 4.74 Å². The third kappa shape index (κ3) is 3.00. The minimum Gasteiger partial charge on any atom is -0.497 e. The molecule has 2 aromatic carbocycles. The Kier molecular flexibility index (Phi) is 4.55. The van der Waals surface area contributed by atoms with E-state index in [1.807, 2.05) is 42.5 Å². The van der Waals surface area contributed by atoms with Crippen molar-refractivity contribution in [2.45, 2.75) is 5.38 Å². The van der Waals surface area contributed by atoms with Crippen molar-refractivity contribution >= 4 is 39.1 Å². The maximum absolute atomic E-state index is 6.45. The molecule has 1 unspecified atom stereocenters. The van der Waals surface area contributed by atoms with Crippen molar-refractivity contribution in [3.8, 4) is 5.75 Å². The molecule has 1 atom stereocenters. The van der Waals surface area contributed by atoms with Gasteiger partial charge in [0, 0.05) is 4.47 Å². The van der Waals surface area contributed by atoms with E-state index in [0.29, 0.717) is 5.02 Å². The summed E-state index contributed by atoms with van der Waals surface area (Å²) < 4.78 is 5.97. The van der Waals surface area contributed by atoms with Gasteiger partial charge in [-0.15, -0.1) is 11.6 Å². The van der Waals surface area contributed by atoms with Crippen molar-refractivity contribution in [1.82, 2.24) is 0 Å². The average molecular weight is 346 g/mol. The molecule has 4 heteroatoms. The lowest BCUT2D eigenvalue weighted by Gasteiger charge is -2.12. The second-order valence-corrected chi connectivity index (χ2v) is 5.51. The van der Waals surface area contributed by atoms with Crippen LogP contribution >= 0.6 is 39.1 Å². The topological polar surface area (TPSA) is 9.23 Å². The molecule has 0 aliphatic rings. The molecule has 2 rings (SSSR count). The average Bonchev–Trinajstić information content (AvgIpc) is 2.41. The molecular formula is C14H11BrCl2O. The van der Waals surface area contributed by atoms with Crippen LogP contribution < -0.4 is 4.74 Å². The SMILES string of the molecule is COc1ccc(C(Cl)c2ccc(Cl)c(Br)c2)cc1. The zero-order valence-electron chi connectivity index (χ0n) is 9.66. The van der Waals surface area contributed by atoms with Crippen molar-refractivity contribution in [3.05, 3.63) is 63.1 Å². The van der Waals surface area contributed by atoms with Crippen LogP contribution in [-0.4, -0.2) is 7.11 Å². The van der Waals surface area contributed by atoms with Crippen molar-refractivity contribution in [3.63, 3.8) is 0 Å². The number of hydrogen-bond donors (Lipinski definition) is 0. The Balaban J connectivity index is 2.28. The fourth-order valence-electron chi connectivity index (χ4n) is 1.64. The summed E-state index contributed by atoms with van der Waals surface area (Å²) in [5, 5.41) is 0.474. The van der Waals surface area contributed by atoms with Gasteiger partial charge in [-0.3, -0.25) is 0 Å². The van der Waals surface area contributed by atoms with Gasteiger partial charge in [-0.05, 0) is 51.3 Å². The first-order chi connectivity index (χ1) is 8.61. The number of benzene rings is 2. The Hall–Kier alpha value is -0.700. The zero-order chi connectivity index (χ0) is 13.1. The molecule has 0 aliphatic carbocycles. The summed E-state index contributed by atoms with van der Waals surface area (Å²) >= 11 is 15.8. The van der Waals surface area contributed by atoms with E-state index in [1.165, 1.54) is 0 Å². The monoisotopic (exact) mass is 344 g/mol. The van der Waals surface area contributed by atoms with E-state index in [0.717, 1.165) is 21.3 Å². The fraction of sp³-hybridized carbons (Fsp3) is 0.143. The second-order valence-electron chi connectivity index (χ2n) is 3.81. The molecule has 0 saturated carbocycles. The third-order valence-corrected chi connectivity index (χ3v) is 4.36. The predicted octanol–water partition coefficient (Wildman–Crippen LogP) is 5.44. The van der Waals surface area contributed by atoms with Crippen LogP contribution in [0.1, 0.15) is 16.5 Å². The van der Waals surface area contributed by atoms with E-state index in [4.69, 9.17) is 27.9 Å². The number of hydrogen-bond acceptors (Lipinski definition) is 1. The molecule has 0 N–H and O–H groups in total. The van der Waals surface area contributed by atoms with Crippen LogP contribution in [0.15, 0.2) is 46.9 Å². The van der Waals surface area contributed by atoms with Gasteiger partial charge in [0.2, 0.25) is 0 Å². The van der Waals surface area contributed by atoms with Crippen LogP contribution in [-0.2, 0) is 0 Å². The molecule has 0 radical (unpaired) electrons. The Morgan fingerprint density at radius 3 is 2.22 bits per heavy atom. The van der Waals surface area contributed by atoms with E-state index >= 15 is 0 Å². The Bertz CT molecular complexity index is 540. The van der Waals surface area contributed by atoms with Crippen molar-refractivity contribution in [1.29, 1.82) is 0 Å². The van der Waals surface area contributed by atoms with Crippen LogP contribution in [0.3, 0.4) is 0 Å². The molecule has 94 valence electrons. The number of halogens is 3. The lowest BCUT2D eigenvalue weighted by molar-refractivity contribution is 0.414. The zero-order valence-corrected chi connectivity index (χ0v) is 12.8. The van der Waals surface area contributed by atoms with Crippen LogP contribution in [0.25, 0.3) is 0 Å². The highest BCUT2D eigenvalue weighted by atomic mass is 79.9. The van der Waals surface area contributed by atoms with Gasteiger partial charge in [-0.25, -0.2) is 0 Å².